The van der Waals surface area contributed by atoms with E-state index < -0.39 is 17.1 Å². The fraction of sp³-hybridized carbons (Fsp3) is 0.846. The van der Waals surface area contributed by atoms with Crippen molar-refractivity contribution in [1.82, 2.24) is 10.2 Å². The molecule has 0 saturated carbocycles. The number of likely N-dealkylation sites (tertiary alicyclic amines) is 1. The summed E-state index contributed by atoms with van der Waals surface area (Å²) in [6.07, 6.45) is 0.567. The monoisotopic (exact) mass is 270 g/mol. The van der Waals surface area contributed by atoms with Crippen molar-refractivity contribution in [2.24, 2.45) is 5.41 Å². The summed E-state index contributed by atoms with van der Waals surface area (Å²) < 4.78 is 10.3. The lowest BCUT2D eigenvalue weighted by Gasteiger charge is -2.45. The second-order valence-corrected chi connectivity index (χ2v) is 6.27. The quantitative estimate of drug-likeness (QED) is 0.822. The highest BCUT2D eigenvalue weighted by Crippen LogP contribution is 2.31. The van der Waals surface area contributed by atoms with Crippen molar-refractivity contribution in [2.75, 3.05) is 32.8 Å². The first-order valence-corrected chi connectivity index (χ1v) is 6.66. The average Bonchev–Trinajstić information content (AvgIpc) is 2.09. The highest BCUT2D eigenvalue weighted by molar-refractivity contribution is 5.85. The summed E-state index contributed by atoms with van der Waals surface area (Å²) in [6, 6.07) is 0. The van der Waals surface area contributed by atoms with Crippen molar-refractivity contribution in [2.45, 2.75) is 32.8 Å². The molecule has 2 fully saturated rings. The van der Waals surface area contributed by atoms with E-state index in [0.29, 0.717) is 13.2 Å². The lowest BCUT2D eigenvalue weighted by molar-refractivity contribution is -0.174. The third-order valence-electron chi connectivity index (χ3n) is 3.32. The first-order chi connectivity index (χ1) is 8.82. The fourth-order valence-electron chi connectivity index (χ4n) is 2.06. The van der Waals surface area contributed by atoms with Gasteiger partial charge in [-0.1, -0.05) is 0 Å². The predicted octanol–water partition coefficient (Wildman–Crippen LogP) is 0.760. The zero-order valence-electron chi connectivity index (χ0n) is 11.8. The Bertz CT molecular complexity index is 367. The van der Waals surface area contributed by atoms with Crippen LogP contribution in [0.4, 0.5) is 4.79 Å². The fourth-order valence-corrected chi connectivity index (χ4v) is 2.06. The van der Waals surface area contributed by atoms with Gasteiger partial charge in [-0.25, -0.2) is 4.79 Å². The molecule has 2 aliphatic rings. The molecule has 2 rings (SSSR count). The molecule has 0 aromatic rings. The van der Waals surface area contributed by atoms with Crippen LogP contribution >= 0.6 is 0 Å². The summed E-state index contributed by atoms with van der Waals surface area (Å²) in [7, 11) is 0. The number of nitrogens with zero attached hydrogens (tertiary/aromatic N) is 1. The molecule has 2 amide bonds. The van der Waals surface area contributed by atoms with Gasteiger partial charge < -0.3 is 19.7 Å². The molecule has 2 saturated heterocycles. The van der Waals surface area contributed by atoms with E-state index in [9.17, 15) is 9.59 Å². The van der Waals surface area contributed by atoms with Crippen LogP contribution < -0.4 is 5.32 Å². The van der Waals surface area contributed by atoms with Crippen LogP contribution in [0.5, 0.6) is 0 Å². The zero-order chi connectivity index (χ0) is 14.1. The molecule has 0 bridgehead atoms. The molecule has 2 heterocycles. The number of amides is 2. The number of rotatable bonds is 3. The summed E-state index contributed by atoms with van der Waals surface area (Å²) in [4.78, 5) is 25.7. The predicted molar refractivity (Wildman–Crippen MR) is 68.7 cm³/mol. The largest absolute Gasteiger partial charge is 0.444 e. The van der Waals surface area contributed by atoms with E-state index in [1.54, 1.807) is 20.8 Å². The number of carbonyl (C=O) groups excluding carboxylic acids is 2. The van der Waals surface area contributed by atoms with Gasteiger partial charge in [-0.2, -0.15) is 0 Å². The zero-order valence-corrected chi connectivity index (χ0v) is 11.8. The minimum absolute atomic E-state index is 0.0843. The molecule has 0 radical (unpaired) electrons. The van der Waals surface area contributed by atoms with Gasteiger partial charge in [0, 0.05) is 19.6 Å². The maximum Gasteiger partial charge on any atom is 0.407 e. The van der Waals surface area contributed by atoms with E-state index in [-0.39, 0.29) is 12.5 Å². The summed E-state index contributed by atoms with van der Waals surface area (Å²) in [5.74, 6) is 0.0843. The normalized spacial score (nSPS) is 21.1. The van der Waals surface area contributed by atoms with Crippen LogP contribution in [0.25, 0.3) is 0 Å². The standard InChI is InChI=1S/C13H22N2O4/c1-12(2,3)19-11(17)14-7-13(8-18-9-13)10(16)15-5-4-6-15/h4-9H2,1-3H3,(H,14,17). The molecule has 0 unspecified atom stereocenters. The van der Waals surface area contributed by atoms with Crippen LogP contribution in [0.2, 0.25) is 0 Å². The van der Waals surface area contributed by atoms with Gasteiger partial charge in [0.1, 0.15) is 11.0 Å². The van der Waals surface area contributed by atoms with Crippen LogP contribution in [0.15, 0.2) is 0 Å². The van der Waals surface area contributed by atoms with E-state index in [1.807, 2.05) is 4.90 Å². The van der Waals surface area contributed by atoms with Gasteiger partial charge in [-0.3, -0.25) is 4.79 Å². The lowest BCUT2D eigenvalue weighted by atomic mass is 9.83. The highest BCUT2D eigenvalue weighted by atomic mass is 16.6. The molecule has 108 valence electrons. The smallest absolute Gasteiger partial charge is 0.407 e. The van der Waals surface area contributed by atoms with Gasteiger partial charge in [0.25, 0.3) is 0 Å². The molecular weight excluding hydrogens is 248 g/mol. The van der Waals surface area contributed by atoms with E-state index in [2.05, 4.69) is 5.32 Å². The molecule has 0 spiro atoms. The number of carbonyl (C=O) groups is 2. The molecule has 0 atom stereocenters. The minimum atomic E-state index is -0.586. The summed E-state index contributed by atoms with van der Waals surface area (Å²) >= 11 is 0. The van der Waals surface area contributed by atoms with Gasteiger partial charge in [0.15, 0.2) is 0 Å². The SMILES string of the molecule is CC(C)(C)OC(=O)NCC1(C(=O)N2CCC2)COC1. The van der Waals surface area contributed by atoms with Gasteiger partial charge in [-0.05, 0) is 27.2 Å². The number of hydrogen-bond donors (Lipinski definition) is 1. The van der Waals surface area contributed by atoms with Crippen molar-refractivity contribution < 1.29 is 19.1 Å². The molecule has 6 nitrogen and oxygen atoms in total. The molecule has 6 heteroatoms. The summed E-state index contributed by atoms with van der Waals surface area (Å²) in [5, 5.41) is 2.68. The first kappa shape index (κ1) is 14.1. The first-order valence-electron chi connectivity index (χ1n) is 6.66. The topological polar surface area (TPSA) is 67.9 Å². The molecular formula is C13H22N2O4. The van der Waals surface area contributed by atoms with Crippen LogP contribution in [-0.4, -0.2) is 55.3 Å². The Morgan fingerprint density at radius 2 is 1.95 bits per heavy atom. The Labute approximate surface area is 113 Å². The van der Waals surface area contributed by atoms with Crippen LogP contribution in [0.3, 0.4) is 0 Å². The van der Waals surface area contributed by atoms with Crippen molar-refractivity contribution in [3.63, 3.8) is 0 Å². The Morgan fingerprint density at radius 1 is 1.32 bits per heavy atom. The van der Waals surface area contributed by atoms with E-state index in [4.69, 9.17) is 9.47 Å². The number of alkyl carbamates (subject to hydrolysis) is 1. The molecule has 0 aromatic carbocycles. The molecule has 0 aromatic heterocycles. The number of nitrogens with one attached hydrogen (secondary N) is 1. The van der Waals surface area contributed by atoms with Gasteiger partial charge in [0.2, 0.25) is 5.91 Å². The molecule has 1 N–H and O–H groups in total. The summed E-state index contributed by atoms with van der Waals surface area (Å²) in [6.45, 7) is 8.06. The van der Waals surface area contributed by atoms with E-state index >= 15 is 0 Å². The summed E-state index contributed by atoms with van der Waals surface area (Å²) in [5.41, 5.74) is -1.12. The Balaban J connectivity index is 1.85. The van der Waals surface area contributed by atoms with Gasteiger partial charge in [-0.15, -0.1) is 0 Å². The average molecular weight is 270 g/mol. The number of hydrogen-bond acceptors (Lipinski definition) is 4. The van der Waals surface area contributed by atoms with Gasteiger partial charge in [0.05, 0.1) is 13.2 Å². The number of ether oxygens (including phenoxy) is 2. The van der Waals surface area contributed by atoms with Crippen LogP contribution in [0.1, 0.15) is 27.2 Å². The van der Waals surface area contributed by atoms with Crippen molar-refractivity contribution in [3.05, 3.63) is 0 Å². The Kier molecular flexibility index (Phi) is 3.71. The second-order valence-electron chi connectivity index (χ2n) is 6.27. The van der Waals surface area contributed by atoms with Crippen LogP contribution in [0, 0.1) is 5.41 Å². The van der Waals surface area contributed by atoms with Crippen molar-refractivity contribution >= 4 is 12.0 Å². The van der Waals surface area contributed by atoms with E-state index in [1.165, 1.54) is 0 Å². The van der Waals surface area contributed by atoms with Crippen LogP contribution in [-0.2, 0) is 14.3 Å². The second kappa shape index (κ2) is 5.00. The van der Waals surface area contributed by atoms with Crippen molar-refractivity contribution in [1.29, 1.82) is 0 Å². The maximum absolute atomic E-state index is 12.3. The Hall–Kier alpha value is -1.30. The molecule has 0 aliphatic carbocycles. The third-order valence-corrected chi connectivity index (χ3v) is 3.32. The molecule has 19 heavy (non-hydrogen) atoms. The third kappa shape index (κ3) is 3.18. The van der Waals surface area contributed by atoms with Gasteiger partial charge >= 0.3 is 6.09 Å². The maximum atomic E-state index is 12.3. The van der Waals surface area contributed by atoms with E-state index in [0.717, 1.165) is 19.5 Å². The van der Waals surface area contributed by atoms with Crippen molar-refractivity contribution in [3.8, 4) is 0 Å². The Morgan fingerprint density at radius 3 is 2.32 bits per heavy atom. The lowest BCUT2D eigenvalue weighted by Crippen LogP contribution is -2.62. The minimum Gasteiger partial charge on any atom is -0.444 e. The highest BCUT2D eigenvalue weighted by Gasteiger charge is 2.49. The molecule has 2 aliphatic heterocycles.